The Morgan fingerprint density at radius 3 is 2.18 bits per heavy atom. The zero-order valence-corrected chi connectivity index (χ0v) is 13.3. The Bertz CT molecular complexity index is 468. The maximum Gasteiger partial charge on any atom is 0.311 e. The Morgan fingerprint density at radius 1 is 0.955 bits per heavy atom. The van der Waals surface area contributed by atoms with Crippen molar-refractivity contribution < 1.29 is 19.4 Å². The lowest BCUT2D eigenvalue weighted by atomic mass is 10.1. The first-order chi connectivity index (χ1) is 10.6. The van der Waals surface area contributed by atoms with Crippen LogP contribution in [-0.2, 0) is 16.0 Å². The maximum atomic E-state index is 11.8. The number of unbranched alkanes of at least 4 members (excludes halogenated alkanes) is 5. The van der Waals surface area contributed by atoms with Crippen LogP contribution in [0.25, 0.3) is 0 Å². The summed E-state index contributed by atoms with van der Waals surface area (Å²) >= 11 is 0. The van der Waals surface area contributed by atoms with Crippen LogP contribution in [0.1, 0.15) is 63.9 Å². The summed E-state index contributed by atoms with van der Waals surface area (Å²) < 4.78 is 5.40. The second kappa shape index (κ2) is 10.8. The summed E-state index contributed by atoms with van der Waals surface area (Å²) in [6.07, 6.45) is 7.10. The van der Waals surface area contributed by atoms with E-state index in [0.717, 1.165) is 50.5 Å². The molecule has 1 rings (SSSR count). The number of rotatable bonds is 11. The Morgan fingerprint density at radius 2 is 1.55 bits per heavy atom. The van der Waals surface area contributed by atoms with Gasteiger partial charge in [0, 0.05) is 12.8 Å². The van der Waals surface area contributed by atoms with Crippen molar-refractivity contribution in [3.63, 3.8) is 0 Å². The molecule has 22 heavy (non-hydrogen) atoms. The average Bonchev–Trinajstić information content (AvgIpc) is 2.50. The zero-order chi connectivity index (χ0) is 16.2. The number of aliphatic carboxylic acids is 1. The predicted molar refractivity (Wildman–Crippen MR) is 86.0 cm³/mol. The van der Waals surface area contributed by atoms with Crippen LogP contribution in [0.5, 0.6) is 5.75 Å². The Kier molecular flexibility index (Phi) is 8.96. The van der Waals surface area contributed by atoms with Crippen molar-refractivity contribution in [1.82, 2.24) is 0 Å². The van der Waals surface area contributed by atoms with E-state index in [2.05, 4.69) is 0 Å². The third-order valence-corrected chi connectivity index (χ3v) is 3.60. The number of ether oxygens (including phenoxy) is 1. The first-order valence-corrected chi connectivity index (χ1v) is 8.14. The minimum atomic E-state index is -0.727. The van der Waals surface area contributed by atoms with Crippen molar-refractivity contribution in [1.29, 1.82) is 0 Å². The molecular weight excluding hydrogens is 280 g/mol. The highest BCUT2D eigenvalue weighted by atomic mass is 16.5. The van der Waals surface area contributed by atoms with Crippen molar-refractivity contribution >= 4 is 11.9 Å². The number of carboxylic acids is 1. The Labute approximate surface area is 132 Å². The van der Waals surface area contributed by atoms with Crippen molar-refractivity contribution in [3.8, 4) is 5.75 Å². The van der Waals surface area contributed by atoms with Crippen LogP contribution in [0.2, 0.25) is 0 Å². The summed E-state index contributed by atoms with van der Waals surface area (Å²) in [6, 6.07) is 7.62. The van der Waals surface area contributed by atoms with Crippen LogP contribution in [0, 0.1) is 0 Å². The van der Waals surface area contributed by atoms with Gasteiger partial charge < -0.3 is 9.84 Å². The number of carbonyl (C=O) groups excluding carboxylic acids is 1. The third-order valence-electron chi connectivity index (χ3n) is 3.60. The number of aryl methyl sites for hydroxylation is 1. The van der Waals surface area contributed by atoms with Crippen molar-refractivity contribution in [2.45, 2.75) is 64.7 Å². The highest BCUT2D eigenvalue weighted by molar-refractivity contribution is 5.72. The standard InChI is InChI=1S/C18H26O4/c1-2-15-11-9-10-12-16(15)22-18(21)14-8-6-4-3-5-7-13-17(19)20/h9-12H,2-8,13-14H2,1H3,(H,19,20). The SMILES string of the molecule is CCc1ccccc1OC(=O)CCCCCCCCC(=O)O. The molecule has 4 nitrogen and oxygen atoms in total. The van der Waals surface area contributed by atoms with Crippen LogP contribution < -0.4 is 4.74 Å². The van der Waals surface area contributed by atoms with E-state index < -0.39 is 5.97 Å². The number of hydrogen-bond acceptors (Lipinski definition) is 3. The van der Waals surface area contributed by atoms with E-state index in [1.54, 1.807) is 0 Å². The molecule has 0 amide bonds. The van der Waals surface area contributed by atoms with Gasteiger partial charge >= 0.3 is 11.9 Å². The fourth-order valence-electron chi connectivity index (χ4n) is 2.32. The minimum Gasteiger partial charge on any atom is -0.481 e. The van der Waals surface area contributed by atoms with Gasteiger partial charge in [0.05, 0.1) is 0 Å². The molecule has 1 aromatic carbocycles. The smallest absolute Gasteiger partial charge is 0.311 e. The number of carbonyl (C=O) groups is 2. The van der Waals surface area contributed by atoms with Gasteiger partial charge in [-0.25, -0.2) is 0 Å². The van der Waals surface area contributed by atoms with Crippen LogP contribution in [0.4, 0.5) is 0 Å². The van der Waals surface area contributed by atoms with Gasteiger partial charge in [0.15, 0.2) is 0 Å². The molecule has 0 saturated heterocycles. The maximum absolute atomic E-state index is 11.8. The molecule has 0 bridgehead atoms. The quantitative estimate of drug-likeness (QED) is 0.375. The average molecular weight is 306 g/mol. The lowest BCUT2D eigenvalue weighted by Gasteiger charge is -2.08. The molecule has 0 radical (unpaired) electrons. The molecule has 0 saturated carbocycles. The summed E-state index contributed by atoms with van der Waals surface area (Å²) in [5.74, 6) is -0.231. The summed E-state index contributed by atoms with van der Waals surface area (Å²) in [6.45, 7) is 2.04. The van der Waals surface area contributed by atoms with E-state index in [-0.39, 0.29) is 12.4 Å². The number of hydrogen-bond donors (Lipinski definition) is 1. The van der Waals surface area contributed by atoms with Gasteiger partial charge in [-0.2, -0.15) is 0 Å². The predicted octanol–water partition coefficient (Wildman–Crippen LogP) is 4.36. The van der Waals surface area contributed by atoms with Crippen LogP contribution >= 0.6 is 0 Å². The molecule has 4 heteroatoms. The van der Waals surface area contributed by atoms with Gasteiger partial charge in [0.1, 0.15) is 5.75 Å². The fraction of sp³-hybridized carbons (Fsp3) is 0.556. The minimum absolute atomic E-state index is 0.174. The van der Waals surface area contributed by atoms with E-state index >= 15 is 0 Å². The van der Waals surface area contributed by atoms with Crippen LogP contribution in [0.3, 0.4) is 0 Å². The number of benzene rings is 1. The second-order valence-electron chi connectivity index (χ2n) is 5.45. The molecule has 0 aliphatic carbocycles. The largest absolute Gasteiger partial charge is 0.481 e. The topological polar surface area (TPSA) is 63.6 Å². The van der Waals surface area contributed by atoms with E-state index in [9.17, 15) is 9.59 Å². The molecule has 0 aliphatic heterocycles. The zero-order valence-electron chi connectivity index (χ0n) is 13.3. The van der Waals surface area contributed by atoms with Crippen LogP contribution in [0.15, 0.2) is 24.3 Å². The number of carboxylic acid groups (broad SMARTS) is 1. The highest BCUT2D eigenvalue weighted by Gasteiger charge is 2.07. The monoisotopic (exact) mass is 306 g/mol. The number of esters is 1. The van der Waals surface area contributed by atoms with Gasteiger partial charge in [0.25, 0.3) is 0 Å². The summed E-state index contributed by atoms with van der Waals surface area (Å²) in [5, 5.41) is 8.52. The molecule has 0 fully saturated rings. The molecule has 0 aliphatic rings. The molecular formula is C18H26O4. The lowest BCUT2D eigenvalue weighted by Crippen LogP contribution is -2.08. The van der Waals surface area contributed by atoms with Crippen molar-refractivity contribution in [2.75, 3.05) is 0 Å². The van der Waals surface area contributed by atoms with E-state index in [0.29, 0.717) is 12.2 Å². The molecule has 1 aromatic rings. The Hall–Kier alpha value is -1.84. The lowest BCUT2D eigenvalue weighted by molar-refractivity contribution is -0.137. The molecule has 0 atom stereocenters. The first kappa shape index (κ1) is 18.2. The molecule has 122 valence electrons. The van der Waals surface area contributed by atoms with Gasteiger partial charge in [-0.3, -0.25) is 9.59 Å². The second-order valence-corrected chi connectivity index (χ2v) is 5.45. The van der Waals surface area contributed by atoms with Gasteiger partial charge in [-0.15, -0.1) is 0 Å². The summed E-state index contributed by atoms with van der Waals surface area (Å²) in [4.78, 5) is 22.2. The van der Waals surface area contributed by atoms with E-state index in [1.165, 1.54) is 0 Å². The third kappa shape index (κ3) is 7.81. The van der Waals surface area contributed by atoms with Gasteiger partial charge in [-0.1, -0.05) is 50.8 Å². The van der Waals surface area contributed by atoms with Gasteiger partial charge in [0.2, 0.25) is 0 Å². The van der Waals surface area contributed by atoms with Crippen molar-refractivity contribution in [2.24, 2.45) is 0 Å². The van der Waals surface area contributed by atoms with E-state index in [1.807, 2.05) is 31.2 Å². The summed E-state index contributed by atoms with van der Waals surface area (Å²) in [5.41, 5.74) is 1.05. The van der Waals surface area contributed by atoms with Crippen molar-refractivity contribution in [3.05, 3.63) is 29.8 Å². The first-order valence-electron chi connectivity index (χ1n) is 8.14. The number of para-hydroxylation sites is 1. The van der Waals surface area contributed by atoms with Crippen LogP contribution in [-0.4, -0.2) is 17.0 Å². The molecule has 0 heterocycles. The summed E-state index contributed by atoms with van der Waals surface area (Å²) in [7, 11) is 0. The molecule has 1 N–H and O–H groups in total. The normalized spacial score (nSPS) is 10.4. The Balaban J connectivity index is 2.10. The highest BCUT2D eigenvalue weighted by Crippen LogP contribution is 2.19. The van der Waals surface area contributed by atoms with Gasteiger partial charge in [-0.05, 0) is 30.9 Å². The van der Waals surface area contributed by atoms with E-state index in [4.69, 9.17) is 9.84 Å². The molecule has 0 spiro atoms. The molecule has 0 unspecified atom stereocenters. The molecule has 0 aromatic heterocycles. The fourth-order valence-corrected chi connectivity index (χ4v) is 2.32.